The lowest BCUT2D eigenvalue weighted by Crippen LogP contribution is -2.36. The van der Waals surface area contributed by atoms with Crippen LogP contribution in [0.25, 0.3) is 5.69 Å². The Bertz CT molecular complexity index is 1250. The number of benzene rings is 2. The number of likely N-dealkylation sites (tertiary alicyclic amines) is 1. The van der Waals surface area contributed by atoms with Crippen molar-refractivity contribution in [1.82, 2.24) is 19.9 Å². The molecule has 0 spiro atoms. The minimum Gasteiger partial charge on any atom is -0.373 e. The van der Waals surface area contributed by atoms with Crippen LogP contribution in [0.4, 0.5) is 17.1 Å². The lowest BCUT2D eigenvalue weighted by molar-refractivity contribution is -0.115. The maximum absolute atomic E-state index is 12.7. The Morgan fingerprint density at radius 2 is 2.06 bits per heavy atom. The third-order valence-corrected chi connectivity index (χ3v) is 6.57. The molecular formula is C25H28ClN7O. The van der Waals surface area contributed by atoms with Gasteiger partial charge in [-0.3, -0.25) is 14.7 Å². The standard InChI is InChI=1S/C25H28ClN7O/c1-3-8-31(2)24-13-23-22(12-20(24)26)29-25(34)14-21(28-23)17-6-4-7-18(11-17)33-19(15-27-30-33)16-32-9-5-10-32/h4,6-7,11-13,15H,3,5,8-10,14,16H2,1-2H3,(H,29,34). The molecule has 0 saturated carbocycles. The average molecular weight is 478 g/mol. The highest BCUT2D eigenvalue weighted by Crippen LogP contribution is 2.38. The number of nitrogens with zero attached hydrogens (tertiary/aromatic N) is 6. The molecule has 2 aliphatic heterocycles. The summed E-state index contributed by atoms with van der Waals surface area (Å²) < 4.78 is 1.87. The van der Waals surface area contributed by atoms with Gasteiger partial charge in [0.25, 0.3) is 0 Å². The number of aromatic nitrogens is 3. The summed E-state index contributed by atoms with van der Waals surface area (Å²) >= 11 is 6.53. The van der Waals surface area contributed by atoms with E-state index < -0.39 is 0 Å². The first-order valence-electron chi connectivity index (χ1n) is 11.7. The predicted octanol–water partition coefficient (Wildman–Crippen LogP) is 4.44. The van der Waals surface area contributed by atoms with Crippen molar-refractivity contribution in [3.05, 3.63) is 58.9 Å². The third kappa shape index (κ3) is 4.56. The fraction of sp³-hybridized carbons (Fsp3) is 0.360. The van der Waals surface area contributed by atoms with Gasteiger partial charge in [0.05, 0.1) is 51.8 Å². The molecule has 34 heavy (non-hydrogen) atoms. The van der Waals surface area contributed by atoms with E-state index in [4.69, 9.17) is 16.6 Å². The Hall–Kier alpha value is -3.23. The summed E-state index contributed by atoms with van der Waals surface area (Å²) in [7, 11) is 2.01. The normalized spacial score (nSPS) is 15.7. The number of rotatable bonds is 7. The maximum Gasteiger partial charge on any atom is 0.230 e. The zero-order valence-electron chi connectivity index (χ0n) is 19.5. The van der Waals surface area contributed by atoms with Gasteiger partial charge in [0.15, 0.2) is 0 Å². The van der Waals surface area contributed by atoms with Gasteiger partial charge in [0.1, 0.15) is 0 Å². The number of amides is 1. The summed E-state index contributed by atoms with van der Waals surface area (Å²) in [6.07, 6.45) is 4.23. The van der Waals surface area contributed by atoms with E-state index in [0.29, 0.717) is 22.1 Å². The van der Waals surface area contributed by atoms with Crippen LogP contribution in [0.2, 0.25) is 5.02 Å². The van der Waals surface area contributed by atoms with Gasteiger partial charge in [0, 0.05) is 20.1 Å². The summed E-state index contributed by atoms with van der Waals surface area (Å²) in [6.45, 7) is 6.04. The van der Waals surface area contributed by atoms with E-state index in [-0.39, 0.29) is 12.3 Å². The Morgan fingerprint density at radius 1 is 1.21 bits per heavy atom. The molecule has 0 bridgehead atoms. The molecule has 1 aromatic heterocycles. The second-order valence-electron chi connectivity index (χ2n) is 8.84. The van der Waals surface area contributed by atoms with E-state index in [1.165, 1.54) is 6.42 Å². The molecule has 1 amide bonds. The topological polar surface area (TPSA) is 78.7 Å². The SMILES string of the molecule is CCCN(C)c1cc2c(cc1Cl)NC(=O)CC(c1cccc(-n3nncc3CN3CCC3)c1)=N2. The molecule has 8 nitrogen and oxygen atoms in total. The van der Waals surface area contributed by atoms with Gasteiger partial charge in [-0.05, 0) is 55.8 Å². The van der Waals surface area contributed by atoms with Crippen molar-refractivity contribution in [2.24, 2.45) is 4.99 Å². The molecule has 0 radical (unpaired) electrons. The molecule has 3 heterocycles. The molecular weight excluding hydrogens is 450 g/mol. The van der Waals surface area contributed by atoms with Gasteiger partial charge in [0.2, 0.25) is 5.91 Å². The van der Waals surface area contributed by atoms with E-state index >= 15 is 0 Å². The minimum atomic E-state index is -0.118. The van der Waals surface area contributed by atoms with Crippen molar-refractivity contribution in [1.29, 1.82) is 0 Å². The molecule has 2 aromatic carbocycles. The molecule has 0 atom stereocenters. The molecule has 3 aromatic rings. The Morgan fingerprint density at radius 3 is 2.82 bits per heavy atom. The number of carbonyl (C=O) groups excluding carboxylic acids is 1. The smallest absolute Gasteiger partial charge is 0.230 e. The van der Waals surface area contributed by atoms with Crippen molar-refractivity contribution < 1.29 is 4.79 Å². The highest BCUT2D eigenvalue weighted by atomic mass is 35.5. The molecule has 176 valence electrons. The number of anilines is 2. The lowest BCUT2D eigenvalue weighted by Gasteiger charge is -2.30. The quantitative estimate of drug-likeness (QED) is 0.544. The largest absolute Gasteiger partial charge is 0.373 e. The summed E-state index contributed by atoms with van der Waals surface area (Å²) in [5, 5.41) is 12.0. The Balaban J connectivity index is 1.51. The van der Waals surface area contributed by atoms with Crippen LogP contribution in [-0.2, 0) is 11.3 Å². The molecule has 1 N–H and O–H groups in total. The number of hydrogen-bond acceptors (Lipinski definition) is 6. The first kappa shape index (κ1) is 22.6. The van der Waals surface area contributed by atoms with E-state index in [1.807, 2.05) is 48.3 Å². The van der Waals surface area contributed by atoms with Crippen LogP contribution in [0.5, 0.6) is 0 Å². The van der Waals surface area contributed by atoms with Crippen LogP contribution in [0, 0.1) is 0 Å². The fourth-order valence-corrected chi connectivity index (χ4v) is 4.67. The molecule has 1 saturated heterocycles. The molecule has 5 rings (SSSR count). The maximum atomic E-state index is 12.7. The predicted molar refractivity (Wildman–Crippen MR) is 136 cm³/mol. The number of carbonyl (C=O) groups is 1. The Labute approximate surface area is 204 Å². The van der Waals surface area contributed by atoms with E-state index in [2.05, 4.69) is 32.4 Å². The zero-order valence-corrected chi connectivity index (χ0v) is 20.2. The number of fused-ring (bicyclic) bond motifs is 1. The first-order valence-corrected chi connectivity index (χ1v) is 12.0. The highest BCUT2D eigenvalue weighted by molar-refractivity contribution is 6.34. The third-order valence-electron chi connectivity index (χ3n) is 6.27. The van der Waals surface area contributed by atoms with Crippen molar-refractivity contribution in [3.8, 4) is 5.69 Å². The summed E-state index contributed by atoms with van der Waals surface area (Å²) in [5.74, 6) is -0.118. The van der Waals surface area contributed by atoms with E-state index in [1.54, 1.807) is 6.07 Å². The molecule has 2 aliphatic rings. The van der Waals surface area contributed by atoms with Gasteiger partial charge in [-0.2, -0.15) is 0 Å². The molecule has 9 heteroatoms. The summed E-state index contributed by atoms with van der Waals surface area (Å²) in [4.78, 5) is 22.1. The molecule has 0 aliphatic carbocycles. The minimum absolute atomic E-state index is 0.118. The first-order chi connectivity index (χ1) is 16.5. The van der Waals surface area contributed by atoms with Crippen LogP contribution in [0.15, 0.2) is 47.6 Å². The summed E-state index contributed by atoms with van der Waals surface area (Å²) in [6, 6.07) is 11.7. The van der Waals surface area contributed by atoms with E-state index in [0.717, 1.165) is 55.2 Å². The van der Waals surface area contributed by atoms with Gasteiger partial charge in [-0.15, -0.1) is 5.10 Å². The van der Waals surface area contributed by atoms with Crippen LogP contribution >= 0.6 is 11.6 Å². The van der Waals surface area contributed by atoms with Crippen molar-refractivity contribution in [2.45, 2.75) is 32.7 Å². The fourth-order valence-electron chi connectivity index (χ4n) is 4.36. The lowest BCUT2D eigenvalue weighted by atomic mass is 10.1. The number of hydrogen-bond donors (Lipinski definition) is 1. The van der Waals surface area contributed by atoms with Crippen molar-refractivity contribution >= 4 is 40.3 Å². The van der Waals surface area contributed by atoms with Crippen LogP contribution in [-0.4, -0.2) is 58.2 Å². The van der Waals surface area contributed by atoms with Crippen LogP contribution < -0.4 is 10.2 Å². The van der Waals surface area contributed by atoms with Crippen LogP contribution in [0.3, 0.4) is 0 Å². The van der Waals surface area contributed by atoms with Gasteiger partial charge < -0.3 is 10.2 Å². The summed E-state index contributed by atoms with van der Waals surface area (Å²) in [5.41, 5.74) is 5.75. The molecule has 0 unspecified atom stereocenters. The van der Waals surface area contributed by atoms with Gasteiger partial charge >= 0.3 is 0 Å². The van der Waals surface area contributed by atoms with Crippen LogP contribution in [0.1, 0.15) is 37.4 Å². The van der Waals surface area contributed by atoms with Crippen molar-refractivity contribution in [3.63, 3.8) is 0 Å². The number of aliphatic imine (C=N–C) groups is 1. The van der Waals surface area contributed by atoms with Crippen molar-refractivity contribution in [2.75, 3.05) is 36.9 Å². The second-order valence-corrected chi connectivity index (χ2v) is 9.25. The number of nitrogens with one attached hydrogen (secondary N) is 1. The highest BCUT2D eigenvalue weighted by Gasteiger charge is 2.21. The monoisotopic (exact) mass is 477 g/mol. The average Bonchev–Trinajstić information content (AvgIpc) is 3.19. The second kappa shape index (κ2) is 9.56. The van der Waals surface area contributed by atoms with E-state index in [9.17, 15) is 4.79 Å². The zero-order chi connectivity index (χ0) is 23.7. The van der Waals surface area contributed by atoms with Gasteiger partial charge in [-0.1, -0.05) is 35.9 Å². The Kier molecular flexibility index (Phi) is 6.34. The van der Waals surface area contributed by atoms with Gasteiger partial charge in [-0.25, -0.2) is 4.68 Å². The molecule has 1 fully saturated rings. The number of halogens is 1.